The molecule has 252 valence electrons. The van der Waals surface area contributed by atoms with Gasteiger partial charge in [0.05, 0.1) is 36.0 Å². The number of carboxylic acid groups (broad SMARTS) is 1. The first kappa shape index (κ1) is 32.1. The van der Waals surface area contributed by atoms with E-state index in [2.05, 4.69) is 5.43 Å². The zero-order valence-corrected chi connectivity index (χ0v) is 27.2. The number of nitrogens with zero attached hydrogens (tertiary/aromatic N) is 2. The van der Waals surface area contributed by atoms with E-state index in [0.717, 1.165) is 16.1 Å². The SMILES string of the molecule is COc1cc(C2C3=CCC4C(=O)N(CCCC(=O)O)C(=O)C4C3CC3C(=O)N(Nc4ccc(C)cc4)C(=O)C32c2ccccc2)ccc1O. The molecule has 7 rings (SSSR count). The molecule has 0 aromatic heterocycles. The standard InChI is InChI=1S/C38H37N3O8/c1-21-10-13-24(14-11-21)39-41-35(46)28-20-27-25(15-16-26-32(27)36(47)40(34(26)45)18-6-9-31(43)44)33(22-12-17-29(42)30(19-22)49-2)38(28,37(41)48)23-7-4-3-5-8-23/h3-5,7-8,10-15,17,19,26-28,32-33,39,42H,6,9,16,18,20H2,1-2H3,(H,43,44). The van der Waals surface area contributed by atoms with Crippen molar-refractivity contribution in [3.05, 3.63) is 101 Å². The number of carboxylic acids is 1. The zero-order chi connectivity index (χ0) is 34.6. The Morgan fingerprint density at radius 2 is 1.69 bits per heavy atom. The van der Waals surface area contributed by atoms with Crippen LogP contribution in [0, 0.1) is 30.6 Å². The molecule has 0 spiro atoms. The number of hydrogen-bond acceptors (Lipinski definition) is 8. The van der Waals surface area contributed by atoms with E-state index in [0.29, 0.717) is 16.8 Å². The Bertz CT molecular complexity index is 1890. The summed E-state index contributed by atoms with van der Waals surface area (Å²) in [7, 11) is 1.43. The van der Waals surface area contributed by atoms with Crippen LogP contribution in [0.15, 0.2) is 84.4 Å². The van der Waals surface area contributed by atoms with Crippen molar-refractivity contribution in [1.29, 1.82) is 0 Å². The van der Waals surface area contributed by atoms with Crippen LogP contribution >= 0.6 is 0 Å². The summed E-state index contributed by atoms with van der Waals surface area (Å²) in [5.41, 5.74) is 5.23. The van der Waals surface area contributed by atoms with E-state index < -0.39 is 52.8 Å². The molecule has 0 bridgehead atoms. The normalized spacial score (nSPS) is 27.4. The molecule has 2 aliphatic carbocycles. The average molecular weight is 664 g/mol. The van der Waals surface area contributed by atoms with Crippen LogP contribution in [-0.2, 0) is 29.4 Å². The van der Waals surface area contributed by atoms with Crippen molar-refractivity contribution in [2.45, 2.75) is 43.9 Å². The highest BCUT2D eigenvalue weighted by molar-refractivity contribution is 6.13. The highest BCUT2D eigenvalue weighted by atomic mass is 16.5. The number of aliphatic carboxylic acids is 1. The van der Waals surface area contributed by atoms with Crippen molar-refractivity contribution in [1.82, 2.24) is 9.91 Å². The fourth-order valence-corrected chi connectivity index (χ4v) is 8.67. The number of ether oxygens (including phenoxy) is 1. The van der Waals surface area contributed by atoms with Gasteiger partial charge < -0.3 is 14.9 Å². The number of imide groups is 2. The third kappa shape index (κ3) is 4.98. The first-order chi connectivity index (χ1) is 23.6. The minimum atomic E-state index is -1.44. The van der Waals surface area contributed by atoms with E-state index in [1.165, 1.54) is 18.1 Å². The van der Waals surface area contributed by atoms with Crippen LogP contribution in [-0.4, -0.2) is 63.4 Å². The van der Waals surface area contributed by atoms with Crippen LogP contribution in [0.1, 0.15) is 48.3 Å². The number of methoxy groups -OCH3 is 1. The Morgan fingerprint density at radius 3 is 2.39 bits per heavy atom. The Kier molecular flexibility index (Phi) is 8.01. The molecule has 2 heterocycles. The lowest BCUT2D eigenvalue weighted by Crippen LogP contribution is -2.53. The highest BCUT2D eigenvalue weighted by Gasteiger charge is 2.70. The summed E-state index contributed by atoms with van der Waals surface area (Å²) in [6.45, 7) is 1.94. The molecule has 3 fully saturated rings. The van der Waals surface area contributed by atoms with Gasteiger partial charge in [-0.2, -0.15) is 5.01 Å². The van der Waals surface area contributed by atoms with Crippen LogP contribution < -0.4 is 10.2 Å². The summed E-state index contributed by atoms with van der Waals surface area (Å²) in [6, 6.07) is 21.4. The molecule has 2 saturated heterocycles. The number of aromatic hydroxyl groups is 1. The van der Waals surface area contributed by atoms with Gasteiger partial charge in [0.1, 0.15) is 0 Å². The first-order valence-corrected chi connectivity index (χ1v) is 16.5. The van der Waals surface area contributed by atoms with E-state index >= 15 is 4.79 Å². The van der Waals surface area contributed by atoms with Gasteiger partial charge in [0.2, 0.25) is 11.8 Å². The molecule has 3 aromatic carbocycles. The number of anilines is 1. The molecule has 11 nitrogen and oxygen atoms in total. The number of likely N-dealkylation sites (tertiary alicyclic amines) is 1. The Labute approximate surface area is 283 Å². The minimum Gasteiger partial charge on any atom is -0.504 e. The van der Waals surface area contributed by atoms with Gasteiger partial charge in [-0.3, -0.25) is 34.3 Å². The van der Waals surface area contributed by atoms with Crippen molar-refractivity contribution in [3.63, 3.8) is 0 Å². The maximum atomic E-state index is 15.2. The Morgan fingerprint density at radius 1 is 0.959 bits per heavy atom. The lowest BCUT2D eigenvalue weighted by molar-refractivity contribution is -0.142. The van der Waals surface area contributed by atoms with E-state index in [-0.39, 0.29) is 55.5 Å². The molecule has 4 aliphatic rings. The van der Waals surface area contributed by atoms with Gasteiger partial charge in [-0.05, 0) is 67.5 Å². The predicted octanol–water partition coefficient (Wildman–Crippen LogP) is 4.56. The fourth-order valence-electron chi connectivity index (χ4n) is 8.67. The molecule has 1 saturated carbocycles. The summed E-state index contributed by atoms with van der Waals surface area (Å²) in [6.07, 6.45) is 2.32. The van der Waals surface area contributed by atoms with E-state index in [9.17, 15) is 24.3 Å². The summed E-state index contributed by atoms with van der Waals surface area (Å²) in [4.78, 5) is 69.9. The van der Waals surface area contributed by atoms with E-state index in [1.54, 1.807) is 24.3 Å². The number of carbonyl (C=O) groups excluding carboxylic acids is 4. The number of nitrogens with one attached hydrogen (secondary N) is 1. The zero-order valence-electron chi connectivity index (χ0n) is 27.2. The van der Waals surface area contributed by atoms with Crippen molar-refractivity contribution in [2.24, 2.45) is 23.7 Å². The number of phenolic OH excluding ortho intramolecular Hbond substituents is 1. The van der Waals surface area contributed by atoms with Crippen molar-refractivity contribution in [3.8, 4) is 11.5 Å². The lowest BCUT2D eigenvalue weighted by Gasteiger charge is -2.50. The number of carbonyl (C=O) groups is 5. The van der Waals surface area contributed by atoms with Crippen LogP contribution in [0.3, 0.4) is 0 Å². The van der Waals surface area contributed by atoms with Crippen molar-refractivity contribution >= 4 is 35.3 Å². The topological polar surface area (TPSA) is 154 Å². The number of phenols is 1. The third-order valence-electron chi connectivity index (χ3n) is 10.8. The molecule has 11 heteroatoms. The molecule has 2 aliphatic heterocycles. The van der Waals surface area contributed by atoms with Gasteiger partial charge in [-0.15, -0.1) is 0 Å². The largest absolute Gasteiger partial charge is 0.504 e. The predicted molar refractivity (Wildman–Crippen MR) is 177 cm³/mol. The van der Waals surface area contributed by atoms with Crippen LogP contribution in [0.5, 0.6) is 11.5 Å². The maximum Gasteiger partial charge on any atom is 0.303 e. The highest BCUT2D eigenvalue weighted by Crippen LogP contribution is 2.64. The van der Waals surface area contributed by atoms with Crippen LogP contribution in [0.25, 0.3) is 0 Å². The maximum absolute atomic E-state index is 15.2. The molecule has 6 atom stereocenters. The molecule has 3 N–H and O–H groups in total. The van der Waals surface area contributed by atoms with Gasteiger partial charge in [0.15, 0.2) is 11.5 Å². The molecular formula is C38H37N3O8. The molecular weight excluding hydrogens is 626 g/mol. The number of hydrazine groups is 1. The summed E-state index contributed by atoms with van der Waals surface area (Å²) < 4.78 is 5.50. The number of hydrogen-bond donors (Lipinski definition) is 3. The number of rotatable bonds is 9. The first-order valence-electron chi connectivity index (χ1n) is 16.5. The Balaban J connectivity index is 1.40. The van der Waals surface area contributed by atoms with Gasteiger partial charge in [0.25, 0.3) is 11.8 Å². The smallest absolute Gasteiger partial charge is 0.303 e. The minimum absolute atomic E-state index is 0.000650. The summed E-state index contributed by atoms with van der Waals surface area (Å²) in [5, 5.41) is 20.8. The molecule has 49 heavy (non-hydrogen) atoms. The van der Waals surface area contributed by atoms with Gasteiger partial charge in [0, 0.05) is 18.9 Å². The molecule has 4 amide bonds. The monoisotopic (exact) mass is 663 g/mol. The lowest BCUT2D eigenvalue weighted by atomic mass is 9.49. The third-order valence-corrected chi connectivity index (χ3v) is 10.8. The number of allylic oxidation sites excluding steroid dienone is 2. The second-order valence-corrected chi connectivity index (χ2v) is 13.3. The number of fused-ring (bicyclic) bond motifs is 4. The molecule has 0 radical (unpaired) electrons. The average Bonchev–Trinajstić information content (AvgIpc) is 3.47. The van der Waals surface area contributed by atoms with E-state index in [1.807, 2.05) is 55.5 Å². The van der Waals surface area contributed by atoms with E-state index in [4.69, 9.17) is 9.84 Å². The van der Waals surface area contributed by atoms with Gasteiger partial charge >= 0.3 is 5.97 Å². The fraction of sp³-hybridized carbons (Fsp3) is 0.342. The second-order valence-electron chi connectivity index (χ2n) is 13.3. The van der Waals surface area contributed by atoms with Crippen molar-refractivity contribution < 1.29 is 38.9 Å². The number of amides is 4. The van der Waals surface area contributed by atoms with Crippen LogP contribution in [0.2, 0.25) is 0 Å². The van der Waals surface area contributed by atoms with Crippen molar-refractivity contribution in [2.75, 3.05) is 19.1 Å². The van der Waals surface area contributed by atoms with Crippen LogP contribution in [0.4, 0.5) is 5.69 Å². The summed E-state index contributed by atoms with van der Waals surface area (Å²) >= 11 is 0. The summed E-state index contributed by atoms with van der Waals surface area (Å²) in [5.74, 6) is -6.18. The number of benzene rings is 3. The van der Waals surface area contributed by atoms with Gasteiger partial charge in [-0.25, -0.2) is 0 Å². The molecule has 6 unspecified atom stereocenters. The second kappa shape index (κ2) is 12.2. The Hall–Kier alpha value is -5.45. The number of aryl methyl sites for hydroxylation is 1. The molecule has 3 aromatic rings. The quantitative estimate of drug-likeness (QED) is 0.221. The van der Waals surface area contributed by atoms with Gasteiger partial charge in [-0.1, -0.05) is 65.7 Å².